The molecular weight excluding hydrogens is 388 g/mol. The van der Waals surface area contributed by atoms with Crippen LogP contribution in [0.1, 0.15) is 63.4 Å². The molecule has 2 aliphatic heterocycles. The van der Waals surface area contributed by atoms with E-state index in [0.717, 1.165) is 42.8 Å². The highest BCUT2D eigenvalue weighted by molar-refractivity contribution is 7.13. The number of rotatable bonds is 3. The Hall–Kier alpha value is -2.48. The molecule has 152 valence electrons. The van der Waals surface area contributed by atoms with Gasteiger partial charge in [-0.15, -0.1) is 11.3 Å². The van der Waals surface area contributed by atoms with Crippen molar-refractivity contribution in [3.8, 4) is 0 Å². The highest BCUT2D eigenvalue weighted by atomic mass is 32.1. The molecule has 0 bridgehead atoms. The van der Waals surface area contributed by atoms with Gasteiger partial charge in [-0.25, -0.2) is 4.98 Å². The largest absolute Gasteiger partial charge is 0.333 e. The van der Waals surface area contributed by atoms with Gasteiger partial charge >= 0.3 is 0 Å². The van der Waals surface area contributed by atoms with Gasteiger partial charge in [0, 0.05) is 30.3 Å². The van der Waals surface area contributed by atoms with Crippen LogP contribution in [0.5, 0.6) is 0 Å². The molecule has 1 N–H and O–H groups in total. The van der Waals surface area contributed by atoms with Crippen molar-refractivity contribution < 1.29 is 9.59 Å². The molecule has 2 aromatic heterocycles. The van der Waals surface area contributed by atoms with Crippen molar-refractivity contribution in [2.24, 2.45) is 5.92 Å². The van der Waals surface area contributed by atoms with Crippen molar-refractivity contribution in [1.29, 1.82) is 0 Å². The summed E-state index contributed by atoms with van der Waals surface area (Å²) in [7, 11) is 0. The summed E-state index contributed by atoms with van der Waals surface area (Å²) in [5, 5.41) is 0. The van der Waals surface area contributed by atoms with E-state index in [1.807, 2.05) is 24.0 Å². The normalized spacial score (nSPS) is 21.3. The number of thiophene rings is 1. The van der Waals surface area contributed by atoms with E-state index in [4.69, 9.17) is 4.98 Å². The van der Waals surface area contributed by atoms with E-state index >= 15 is 0 Å². The topological polar surface area (TPSA) is 86.4 Å². The zero-order valence-electron chi connectivity index (χ0n) is 16.4. The SMILES string of the molecule is Cc1ccc(C(=O)N2CCc3nc([C@H]4CCCN4C(=O)C4CC4)[nH]c(=O)c3C2)s1. The van der Waals surface area contributed by atoms with Crippen LogP contribution in [0, 0.1) is 12.8 Å². The summed E-state index contributed by atoms with van der Waals surface area (Å²) in [5.74, 6) is 0.944. The molecule has 1 saturated heterocycles. The van der Waals surface area contributed by atoms with Crippen LogP contribution in [0.15, 0.2) is 16.9 Å². The Morgan fingerprint density at radius 2 is 2.03 bits per heavy atom. The lowest BCUT2D eigenvalue weighted by atomic mass is 10.1. The predicted molar refractivity (Wildman–Crippen MR) is 109 cm³/mol. The number of amides is 2. The molecular formula is C21H24N4O3S. The number of carbonyl (C=O) groups excluding carboxylic acids is 2. The number of hydrogen-bond acceptors (Lipinski definition) is 5. The van der Waals surface area contributed by atoms with E-state index in [1.54, 1.807) is 4.90 Å². The molecule has 7 nitrogen and oxygen atoms in total. The Kier molecular flexibility index (Phi) is 4.53. The van der Waals surface area contributed by atoms with Crippen molar-refractivity contribution in [1.82, 2.24) is 19.8 Å². The predicted octanol–water partition coefficient (Wildman–Crippen LogP) is 2.41. The summed E-state index contributed by atoms with van der Waals surface area (Å²) >= 11 is 1.47. The third-order valence-corrected chi connectivity index (χ3v) is 7.09. The quantitative estimate of drug-likeness (QED) is 0.839. The fourth-order valence-electron chi connectivity index (χ4n) is 4.36. The van der Waals surface area contributed by atoms with E-state index in [-0.39, 0.29) is 35.9 Å². The number of likely N-dealkylation sites (tertiary alicyclic amines) is 1. The number of aromatic nitrogens is 2. The summed E-state index contributed by atoms with van der Waals surface area (Å²) < 4.78 is 0. The highest BCUT2D eigenvalue weighted by Gasteiger charge is 2.40. The molecule has 2 aromatic rings. The van der Waals surface area contributed by atoms with Crippen molar-refractivity contribution in [3.63, 3.8) is 0 Å². The third kappa shape index (κ3) is 3.39. The van der Waals surface area contributed by atoms with Gasteiger partial charge in [0.05, 0.1) is 28.7 Å². The van der Waals surface area contributed by atoms with Gasteiger partial charge in [-0.05, 0) is 44.7 Å². The number of aryl methyl sites for hydroxylation is 1. The van der Waals surface area contributed by atoms with Crippen molar-refractivity contribution in [2.75, 3.05) is 13.1 Å². The van der Waals surface area contributed by atoms with Crippen LogP contribution in [0.3, 0.4) is 0 Å². The molecule has 2 fully saturated rings. The second-order valence-corrected chi connectivity index (χ2v) is 9.52. The summed E-state index contributed by atoms with van der Waals surface area (Å²) in [5.41, 5.74) is 1.15. The molecule has 4 heterocycles. The lowest BCUT2D eigenvalue weighted by molar-refractivity contribution is -0.133. The van der Waals surface area contributed by atoms with Crippen LogP contribution >= 0.6 is 11.3 Å². The van der Waals surface area contributed by atoms with Crippen LogP contribution in [0.2, 0.25) is 0 Å². The second kappa shape index (κ2) is 7.09. The molecule has 3 aliphatic rings. The van der Waals surface area contributed by atoms with Crippen LogP contribution in [-0.4, -0.2) is 44.7 Å². The number of carbonyl (C=O) groups is 2. The standard InChI is InChI=1S/C21H24N4O3S/c1-12-4-7-17(29-12)21(28)24-10-8-15-14(11-24)19(26)23-18(22-15)16-3-2-9-25(16)20(27)13-5-6-13/h4,7,13,16H,2-3,5-6,8-11H2,1H3,(H,22,23,26)/t16-/m1/s1. The van der Waals surface area contributed by atoms with Gasteiger partial charge in [0.1, 0.15) is 5.82 Å². The van der Waals surface area contributed by atoms with Crippen molar-refractivity contribution in [2.45, 2.75) is 51.6 Å². The first-order chi connectivity index (χ1) is 14.0. The fourth-order valence-corrected chi connectivity index (χ4v) is 5.20. The molecule has 1 aliphatic carbocycles. The van der Waals surface area contributed by atoms with Gasteiger partial charge in [-0.1, -0.05) is 0 Å². The molecule has 29 heavy (non-hydrogen) atoms. The Morgan fingerprint density at radius 1 is 1.21 bits per heavy atom. The molecule has 2 amide bonds. The highest BCUT2D eigenvalue weighted by Crippen LogP contribution is 2.37. The average molecular weight is 413 g/mol. The summed E-state index contributed by atoms with van der Waals surface area (Å²) in [6, 6.07) is 3.65. The van der Waals surface area contributed by atoms with Crippen molar-refractivity contribution in [3.05, 3.63) is 49.3 Å². The zero-order chi connectivity index (χ0) is 20.1. The number of H-pyrrole nitrogens is 1. The Balaban J connectivity index is 1.38. The first-order valence-corrected chi connectivity index (χ1v) is 11.1. The second-order valence-electron chi connectivity index (χ2n) is 8.23. The first kappa shape index (κ1) is 18.5. The van der Waals surface area contributed by atoms with Gasteiger partial charge in [0.15, 0.2) is 0 Å². The van der Waals surface area contributed by atoms with Crippen molar-refractivity contribution >= 4 is 23.2 Å². The smallest absolute Gasteiger partial charge is 0.264 e. The lowest BCUT2D eigenvalue weighted by Gasteiger charge is -2.29. The van der Waals surface area contributed by atoms with Gasteiger partial charge in [-0.2, -0.15) is 0 Å². The van der Waals surface area contributed by atoms with Crippen LogP contribution in [-0.2, 0) is 17.8 Å². The lowest BCUT2D eigenvalue weighted by Crippen LogP contribution is -2.40. The molecule has 0 radical (unpaired) electrons. The number of nitrogens with zero attached hydrogens (tertiary/aromatic N) is 3. The van der Waals surface area contributed by atoms with Gasteiger partial charge < -0.3 is 14.8 Å². The first-order valence-electron chi connectivity index (χ1n) is 10.3. The maximum Gasteiger partial charge on any atom is 0.264 e. The maximum absolute atomic E-state index is 12.8. The summed E-state index contributed by atoms with van der Waals surface area (Å²) in [6.07, 6.45) is 4.29. The molecule has 1 atom stereocenters. The van der Waals surface area contributed by atoms with Crippen LogP contribution in [0.4, 0.5) is 0 Å². The fraction of sp³-hybridized carbons (Fsp3) is 0.524. The minimum Gasteiger partial charge on any atom is -0.333 e. The molecule has 5 rings (SSSR count). The average Bonchev–Trinajstić information content (AvgIpc) is 3.29. The van der Waals surface area contributed by atoms with Gasteiger partial charge in [0.25, 0.3) is 11.5 Å². The molecule has 0 aromatic carbocycles. The Labute approximate surface area is 172 Å². The Morgan fingerprint density at radius 3 is 2.76 bits per heavy atom. The van der Waals surface area contributed by atoms with Crippen LogP contribution < -0.4 is 5.56 Å². The zero-order valence-corrected chi connectivity index (χ0v) is 17.3. The summed E-state index contributed by atoms with van der Waals surface area (Å²) in [6.45, 7) is 3.55. The molecule has 8 heteroatoms. The Bertz CT molecular complexity index is 1040. The maximum atomic E-state index is 12.8. The molecule has 0 unspecified atom stereocenters. The van der Waals surface area contributed by atoms with Crippen LogP contribution in [0.25, 0.3) is 0 Å². The van der Waals surface area contributed by atoms with E-state index in [9.17, 15) is 14.4 Å². The van der Waals surface area contributed by atoms with E-state index in [1.165, 1.54) is 11.3 Å². The summed E-state index contributed by atoms with van der Waals surface area (Å²) in [4.78, 5) is 51.3. The minimum absolute atomic E-state index is 0.0331. The monoisotopic (exact) mass is 412 g/mol. The number of nitrogens with one attached hydrogen (secondary N) is 1. The van der Waals surface area contributed by atoms with Gasteiger partial charge in [-0.3, -0.25) is 14.4 Å². The van der Waals surface area contributed by atoms with Gasteiger partial charge in [0.2, 0.25) is 5.91 Å². The molecule has 1 saturated carbocycles. The number of hydrogen-bond donors (Lipinski definition) is 1. The number of fused-ring (bicyclic) bond motifs is 1. The third-order valence-electron chi connectivity index (χ3n) is 6.10. The van der Waals surface area contributed by atoms with E-state index < -0.39 is 0 Å². The van der Waals surface area contributed by atoms with E-state index in [2.05, 4.69) is 4.98 Å². The van der Waals surface area contributed by atoms with E-state index in [0.29, 0.717) is 29.2 Å². The molecule has 0 spiro atoms. The minimum atomic E-state index is -0.185. The number of aromatic amines is 1.